The maximum absolute atomic E-state index is 3.59. The molecule has 3 aliphatic heterocycles. The van der Waals surface area contributed by atoms with Crippen LogP contribution < -0.4 is 5.32 Å². The van der Waals surface area contributed by atoms with E-state index in [0.29, 0.717) is 5.41 Å². The van der Waals surface area contributed by atoms with Crippen molar-refractivity contribution < 1.29 is 0 Å². The second-order valence-corrected chi connectivity index (χ2v) is 7.37. The lowest BCUT2D eigenvalue weighted by Crippen LogP contribution is -2.46. The molecule has 3 fully saturated rings. The van der Waals surface area contributed by atoms with Crippen LogP contribution in [0.2, 0.25) is 0 Å². The highest BCUT2D eigenvalue weighted by Gasteiger charge is 2.34. The van der Waals surface area contributed by atoms with Crippen LogP contribution in [0.15, 0.2) is 0 Å². The number of hydrogen-bond acceptors (Lipinski definition) is 3. The van der Waals surface area contributed by atoms with Crippen LogP contribution in [-0.4, -0.2) is 61.7 Å². The monoisotopic (exact) mass is 265 g/mol. The Labute approximate surface area is 118 Å². The summed E-state index contributed by atoms with van der Waals surface area (Å²) in [5, 5.41) is 3.59. The second-order valence-electron chi connectivity index (χ2n) is 7.37. The standard InChI is InChI=1S/C16H31N3/c1-16(7-5-8-17-13-16)14-18-11-6-15(12-18)19-9-3-2-4-10-19/h15,17H,2-14H2,1H3. The van der Waals surface area contributed by atoms with Gasteiger partial charge in [0.15, 0.2) is 0 Å². The van der Waals surface area contributed by atoms with Gasteiger partial charge in [0.05, 0.1) is 0 Å². The maximum atomic E-state index is 3.59. The number of hydrogen-bond donors (Lipinski definition) is 1. The minimum Gasteiger partial charge on any atom is -0.316 e. The molecular formula is C16H31N3. The molecule has 3 saturated heterocycles. The summed E-state index contributed by atoms with van der Waals surface area (Å²) in [5.74, 6) is 0. The Bertz CT molecular complexity index is 280. The lowest BCUT2D eigenvalue weighted by molar-refractivity contribution is 0.129. The summed E-state index contributed by atoms with van der Waals surface area (Å²) in [6.45, 7) is 11.6. The lowest BCUT2D eigenvalue weighted by Gasteiger charge is -2.38. The molecule has 0 amide bonds. The van der Waals surface area contributed by atoms with Gasteiger partial charge >= 0.3 is 0 Å². The molecule has 1 N–H and O–H groups in total. The summed E-state index contributed by atoms with van der Waals surface area (Å²) in [6, 6.07) is 0.862. The maximum Gasteiger partial charge on any atom is 0.0235 e. The Kier molecular flexibility index (Phi) is 4.45. The van der Waals surface area contributed by atoms with Crippen molar-refractivity contribution in [2.75, 3.05) is 45.8 Å². The van der Waals surface area contributed by atoms with E-state index in [1.807, 2.05) is 0 Å². The van der Waals surface area contributed by atoms with Crippen LogP contribution in [0.1, 0.15) is 45.4 Å². The molecule has 0 aliphatic carbocycles. The molecule has 0 aromatic rings. The first-order valence-corrected chi connectivity index (χ1v) is 8.42. The van der Waals surface area contributed by atoms with E-state index in [1.54, 1.807) is 0 Å². The first-order valence-electron chi connectivity index (χ1n) is 8.42. The zero-order valence-electron chi connectivity index (χ0n) is 12.7. The third-order valence-electron chi connectivity index (χ3n) is 5.45. The third-order valence-corrected chi connectivity index (χ3v) is 5.45. The molecule has 0 aromatic heterocycles. The zero-order chi connectivity index (χ0) is 13.1. The van der Waals surface area contributed by atoms with Gasteiger partial charge in [-0.15, -0.1) is 0 Å². The molecule has 3 heterocycles. The van der Waals surface area contributed by atoms with E-state index >= 15 is 0 Å². The van der Waals surface area contributed by atoms with Crippen molar-refractivity contribution in [2.45, 2.75) is 51.5 Å². The Morgan fingerprint density at radius 1 is 1.11 bits per heavy atom. The Morgan fingerprint density at radius 2 is 1.95 bits per heavy atom. The molecule has 3 rings (SSSR count). The Morgan fingerprint density at radius 3 is 2.68 bits per heavy atom. The quantitative estimate of drug-likeness (QED) is 0.841. The molecular weight excluding hydrogens is 234 g/mol. The van der Waals surface area contributed by atoms with Gasteiger partial charge in [0, 0.05) is 25.7 Å². The molecule has 19 heavy (non-hydrogen) atoms. The highest BCUT2D eigenvalue weighted by molar-refractivity contribution is 4.90. The minimum absolute atomic E-state index is 0.523. The summed E-state index contributed by atoms with van der Waals surface area (Å²) in [6.07, 6.45) is 8.49. The number of likely N-dealkylation sites (tertiary alicyclic amines) is 2. The third kappa shape index (κ3) is 3.50. The van der Waals surface area contributed by atoms with Crippen molar-refractivity contribution in [1.29, 1.82) is 0 Å². The van der Waals surface area contributed by atoms with Crippen molar-refractivity contribution in [1.82, 2.24) is 15.1 Å². The van der Waals surface area contributed by atoms with Crippen molar-refractivity contribution in [3.8, 4) is 0 Å². The first-order chi connectivity index (χ1) is 9.25. The van der Waals surface area contributed by atoms with E-state index in [9.17, 15) is 0 Å². The van der Waals surface area contributed by atoms with Gasteiger partial charge in [-0.25, -0.2) is 0 Å². The number of nitrogens with one attached hydrogen (secondary N) is 1. The fourth-order valence-corrected chi connectivity index (χ4v) is 4.33. The summed E-state index contributed by atoms with van der Waals surface area (Å²) in [7, 11) is 0. The van der Waals surface area contributed by atoms with E-state index in [4.69, 9.17) is 0 Å². The van der Waals surface area contributed by atoms with Gasteiger partial charge in [-0.2, -0.15) is 0 Å². The number of nitrogens with zero attached hydrogens (tertiary/aromatic N) is 2. The van der Waals surface area contributed by atoms with Crippen LogP contribution in [0.25, 0.3) is 0 Å². The summed E-state index contributed by atoms with van der Waals surface area (Å²) >= 11 is 0. The SMILES string of the molecule is CC1(CN2CCC(N3CCCCC3)C2)CCCNC1. The fourth-order valence-electron chi connectivity index (χ4n) is 4.33. The molecule has 2 atom stereocenters. The topological polar surface area (TPSA) is 18.5 Å². The highest BCUT2D eigenvalue weighted by atomic mass is 15.3. The molecule has 0 radical (unpaired) electrons. The van der Waals surface area contributed by atoms with Crippen molar-refractivity contribution in [2.24, 2.45) is 5.41 Å². The van der Waals surface area contributed by atoms with Gasteiger partial charge in [0.25, 0.3) is 0 Å². The highest BCUT2D eigenvalue weighted by Crippen LogP contribution is 2.29. The molecule has 3 aliphatic rings. The average Bonchev–Trinajstić information content (AvgIpc) is 2.88. The van der Waals surface area contributed by atoms with E-state index in [2.05, 4.69) is 22.0 Å². The van der Waals surface area contributed by atoms with Crippen LogP contribution in [0.3, 0.4) is 0 Å². The van der Waals surface area contributed by atoms with Gasteiger partial charge in [-0.1, -0.05) is 13.3 Å². The molecule has 110 valence electrons. The normalized spacial score (nSPS) is 38.7. The lowest BCUT2D eigenvalue weighted by atomic mass is 9.82. The van der Waals surface area contributed by atoms with Crippen LogP contribution in [0.4, 0.5) is 0 Å². The van der Waals surface area contributed by atoms with E-state index < -0.39 is 0 Å². The van der Waals surface area contributed by atoms with Crippen molar-refractivity contribution in [3.05, 3.63) is 0 Å². The zero-order valence-corrected chi connectivity index (χ0v) is 12.7. The number of piperidine rings is 2. The minimum atomic E-state index is 0.523. The predicted molar refractivity (Wildman–Crippen MR) is 80.5 cm³/mol. The average molecular weight is 265 g/mol. The van der Waals surface area contributed by atoms with Crippen molar-refractivity contribution >= 4 is 0 Å². The van der Waals surface area contributed by atoms with E-state index in [0.717, 1.165) is 6.04 Å². The van der Waals surface area contributed by atoms with Crippen LogP contribution in [0.5, 0.6) is 0 Å². The Hall–Kier alpha value is -0.120. The fraction of sp³-hybridized carbons (Fsp3) is 1.00. The molecule has 2 unspecified atom stereocenters. The largest absolute Gasteiger partial charge is 0.316 e. The van der Waals surface area contributed by atoms with Gasteiger partial charge in [0.1, 0.15) is 0 Å². The number of rotatable bonds is 3. The first kappa shape index (κ1) is 13.8. The molecule has 0 spiro atoms. The van der Waals surface area contributed by atoms with Crippen LogP contribution >= 0.6 is 0 Å². The van der Waals surface area contributed by atoms with Crippen molar-refractivity contribution in [3.63, 3.8) is 0 Å². The summed E-state index contributed by atoms with van der Waals surface area (Å²) in [5.41, 5.74) is 0.523. The van der Waals surface area contributed by atoms with E-state index in [-0.39, 0.29) is 0 Å². The smallest absolute Gasteiger partial charge is 0.0235 e. The molecule has 0 saturated carbocycles. The Balaban J connectivity index is 1.48. The molecule has 3 nitrogen and oxygen atoms in total. The summed E-state index contributed by atoms with van der Waals surface area (Å²) < 4.78 is 0. The van der Waals surface area contributed by atoms with Gasteiger partial charge in [-0.05, 0) is 63.7 Å². The van der Waals surface area contributed by atoms with Gasteiger partial charge in [0.2, 0.25) is 0 Å². The van der Waals surface area contributed by atoms with Crippen LogP contribution in [-0.2, 0) is 0 Å². The molecule has 0 aromatic carbocycles. The summed E-state index contributed by atoms with van der Waals surface area (Å²) in [4.78, 5) is 5.51. The second kappa shape index (κ2) is 6.11. The van der Waals surface area contributed by atoms with E-state index in [1.165, 1.54) is 84.3 Å². The molecule has 3 heteroatoms. The van der Waals surface area contributed by atoms with Gasteiger partial charge < -0.3 is 10.2 Å². The predicted octanol–water partition coefficient (Wildman–Crippen LogP) is 1.94. The van der Waals surface area contributed by atoms with Crippen LogP contribution in [0, 0.1) is 5.41 Å². The van der Waals surface area contributed by atoms with Gasteiger partial charge in [-0.3, -0.25) is 4.90 Å². The molecule has 0 bridgehead atoms.